The highest BCUT2D eigenvalue weighted by Gasteiger charge is 2.13. The van der Waals surface area contributed by atoms with Crippen LogP contribution in [0.25, 0.3) is 11.5 Å². The van der Waals surface area contributed by atoms with E-state index < -0.39 is 0 Å². The molecule has 0 unspecified atom stereocenters. The van der Waals surface area contributed by atoms with Crippen molar-refractivity contribution < 1.29 is 4.79 Å². The van der Waals surface area contributed by atoms with Crippen LogP contribution in [0.4, 0.5) is 0 Å². The first-order valence-electron chi connectivity index (χ1n) is 9.51. The van der Waals surface area contributed by atoms with Crippen LogP contribution in [0.3, 0.4) is 0 Å². The molecule has 0 bridgehead atoms. The third-order valence-electron chi connectivity index (χ3n) is 4.24. The Morgan fingerprint density at radius 3 is 2.59 bits per heavy atom. The minimum atomic E-state index is -0.238. The number of rotatable bonds is 8. The normalized spacial score (nSPS) is 11.0. The van der Waals surface area contributed by atoms with Gasteiger partial charge in [0, 0.05) is 29.9 Å². The monoisotopic (exact) mass is 411 g/mol. The molecule has 1 aromatic carbocycles. The zero-order valence-electron chi connectivity index (χ0n) is 16.8. The molecule has 7 nitrogen and oxygen atoms in total. The van der Waals surface area contributed by atoms with Crippen LogP contribution in [0.1, 0.15) is 19.4 Å². The van der Waals surface area contributed by atoms with Crippen molar-refractivity contribution >= 4 is 17.7 Å². The van der Waals surface area contributed by atoms with Crippen molar-refractivity contribution in [2.24, 2.45) is 7.05 Å². The minimum absolute atomic E-state index is 0.0804. The lowest BCUT2D eigenvalue weighted by molar-refractivity contribution is -0.120. The number of carbonyl (C=O) groups excluding carboxylic acids is 1. The van der Waals surface area contributed by atoms with Crippen LogP contribution in [0.5, 0.6) is 0 Å². The van der Waals surface area contributed by atoms with Gasteiger partial charge in [-0.2, -0.15) is 0 Å². The molecule has 1 amide bonds. The Balaban J connectivity index is 1.53. The number of aromatic nitrogens is 4. The summed E-state index contributed by atoms with van der Waals surface area (Å²) in [5.41, 5.74) is 1.36. The highest BCUT2D eigenvalue weighted by atomic mass is 32.2. The van der Waals surface area contributed by atoms with Gasteiger partial charge in [0.05, 0.1) is 13.0 Å². The molecule has 0 spiro atoms. The third kappa shape index (κ3) is 5.57. The lowest BCUT2D eigenvalue weighted by Gasteiger charge is -2.07. The average Bonchev–Trinajstić information content (AvgIpc) is 2.98. The first-order valence-corrected chi connectivity index (χ1v) is 10.4. The summed E-state index contributed by atoms with van der Waals surface area (Å²) >= 11 is 1.79. The fraction of sp³-hybridized carbons (Fsp3) is 0.333. The van der Waals surface area contributed by atoms with Gasteiger partial charge in [0.25, 0.3) is 0 Å². The van der Waals surface area contributed by atoms with Gasteiger partial charge in [0.1, 0.15) is 5.69 Å². The molecule has 3 rings (SSSR count). The van der Waals surface area contributed by atoms with Crippen molar-refractivity contribution in [1.82, 2.24) is 24.6 Å². The van der Waals surface area contributed by atoms with Crippen molar-refractivity contribution in [1.29, 1.82) is 0 Å². The molecule has 1 N–H and O–H groups in total. The van der Waals surface area contributed by atoms with E-state index >= 15 is 0 Å². The number of nitrogens with one attached hydrogen (secondary N) is 1. The zero-order chi connectivity index (χ0) is 20.8. The Kier molecular flexibility index (Phi) is 6.87. The SMILES string of the molecule is CC(C)Sc1ccc(CC(=O)NCCn2nc(-c3ccccn3)n(C)c2=O)cc1. The van der Waals surface area contributed by atoms with Gasteiger partial charge in [-0.3, -0.25) is 14.3 Å². The van der Waals surface area contributed by atoms with E-state index in [-0.39, 0.29) is 11.6 Å². The summed E-state index contributed by atoms with van der Waals surface area (Å²) in [6.07, 6.45) is 1.97. The molecular formula is C21H25N5O2S. The van der Waals surface area contributed by atoms with Crippen LogP contribution in [-0.2, 0) is 24.8 Å². The van der Waals surface area contributed by atoms with Gasteiger partial charge in [-0.15, -0.1) is 16.9 Å². The lowest BCUT2D eigenvalue weighted by Crippen LogP contribution is -2.32. The smallest absolute Gasteiger partial charge is 0.346 e. The second kappa shape index (κ2) is 9.56. The lowest BCUT2D eigenvalue weighted by atomic mass is 10.1. The van der Waals surface area contributed by atoms with E-state index in [1.807, 2.05) is 36.4 Å². The number of hydrogen-bond donors (Lipinski definition) is 1. The Bertz CT molecular complexity index is 1010. The summed E-state index contributed by atoms with van der Waals surface area (Å²) in [7, 11) is 1.66. The molecule has 8 heteroatoms. The highest BCUT2D eigenvalue weighted by Crippen LogP contribution is 2.22. The molecule has 0 atom stereocenters. The summed E-state index contributed by atoms with van der Waals surface area (Å²) in [5, 5.41) is 7.72. The number of amides is 1. The van der Waals surface area contributed by atoms with E-state index in [2.05, 4.69) is 29.2 Å². The molecular weight excluding hydrogens is 386 g/mol. The van der Waals surface area contributed by atoms with Crippen LogP contribution in [0, 0.1) is 0 Å². The van der Waals surface area contributed by atoms with Crippen molar-refractivity contribution in [3.05, 3.63) is 64.7 Å². The molecule has 0 saturated carbocycles. The summed E-state index contributed by atoms with van der Waals surface area (Å²) in [6.45, 7) is 4.93. The molecule has 152 valence electrons. The molecule has 29 heavy (non-hydrogen) atoms. The largest absolute Gasteiger partial charge is 0.354 e. The van der Waals surface area contributed by atoms with Crippen molar-refractivity contribution in [3.63, 3.8) is 0 Å². The maximum atomic E-state index is 12.4. The van der Waals surface area contributed by atoms with Crippen LogP contribution in [-0.4, -0.2) is 37.0 Å². The van der Waals surface area contributed by atoms with E-state index in [1.54, 1.807) is 31.1 Å². The number of hydrogen-bond acceptors (Lipinski definition) is 5. The number of thioether (sulfide) groups is 1. The second-order valence-electron chi connectivity index (χ2n) is 6.94. The van der Waals surface area contributed by atoms with Crippen LogP contribution in [0.15, 0.2) is 58.4 Å². The third-order valence-corrected chi connectivity index (χ3v) is 5.26. The molecule has 0 aliphatic rings. The highest BCUT2D eigenvalue weighted by molar-refractivity contribution is 7.99. The Morgan fingerprint density at radius 1 is 1.17 bits per heavy atom. The predicted octanol–water partition coefficient (Wildman–Crippen LogP) is 2.50. The molecule has 2 heterocycles. The molecule has 0 radical (unpaired) electrons. The summed E-state index contributed by atoms with van der Waals surface area (Å²) in [5.74, 6) is 0.421. The van der Waals surface area contributed by atoms with E-state index in [4.69, 9.17) is 0 Å². The first-order chi connectivity index (χ1) is 13.9. The summed E-state index contributed by atoms with van der Waals surface area (Å²) in [6, 6.07) is 13.5. The number of benzene rings is 1. The second-order valence-corrected chi connectivity index (χ2v) is 8.59. The first kappa shape index (κ1) is 20.9. The fourth-order valence-electron chi connectivity index (χ4n) is 2.86. The summed E-state index contributed by atoms with van der Waals surface area (Å²) in [4.78, 5) is 30.0. The molecule has 3 aromatic rings. The number of nitrogens with zero attached hydrogens (tertiary/aromatic N) is 4. The fourth-order valence-corrected chi connectivity index (χ4v) is 3.70. The molecule has 0 saturated heterocycles. The standard InChI is InChI=1S/C21H25N5O2S/c1-15(2)29-17-9-7-16(8-10-17)14-19(27)23-12-13-26-21(28)25(3)20(24-26)18-6-4-5-11-22-18/h4-11,15H,12-14H2,1-3H3,(H,23,27). The van der Waals surface area contributed by atoms with Gasteiger partial charge in [-0.1, -0.05) is 32.0 Å². The van der Waals surface area contributed by atoms with Crippen molar-refractivity contribution in [2.45, 2.75) is 37.0 Å². The van der Waals surface area contributed by atoms with Crippen molar-refractivity contribution in [3.8, 4) is 11.5 Å². The van der Waals surface area contributed by atoms with Gasteiger partial charge in [0.2, 0.25) is 5.91 Å². The van der Waals surface area contributed by atoms with E-state index in [0.717, 1.165) is 5.56 Å². The maximum Gasteiger partial charge on any atom is 0.346 e. The Labute approximate surface area is 174 Å². The molecule has 2 aromatic heterocycles. The van der Waals surface area contributed by atoms with Gasteiger partial charge in [-0.25, -0.2) is 9.48 Å². The predicted molar refractivity (Wildman–Crippen MR) is 115 cm³/mol. The van der Waals surface area contributed by atoms with E-state index in [9.17, 15) is 9.59 Å². The summed E-state index contributed by atoms with van der Waals surface area (Å²) < 4.78 is 2.81. The minimum Gasteiger partial charge on any atom is -0.354 e. The van der Waals surface area contributed by atoms with Crippen LogP contribution < -0.4 is 11.0 Å². The Hall–Kier alpha value is -2.87. The average molecular weight is 412 g/mol. The number of pyridine rings is 1. The van der Waals surface area contributed by atoms with Gasteiger partial charge < -0.3 is 5.32 Å². The van der Waals surface area contributed by atoms with Gasteiger partial charge in [-0.05, 0) is 29.8 Å². The molecule has 0 aliphatic heterocycles. The molecule has 0 fully saturated rings. The quantitative estimate of drug-likeness (QED) is 0.576. The Morgan fingerprint density at radius 2 is 1.93 bits per heavy atom. The zero-order valence-corrected chi connectivity index (χ0v) is 17.6. The van der Waals surface area contributed by atoms with Gasteiger partial charge >= 0.3 is 5.69 Å². The van der Waals surface area contributed by atoms with E-state index in [0.29, 0.717) is 36.3 Å². The topological polar surface area (TPSA) is 81.8 Å². The number of carbonyl (C=O) groups is 1. The van der Waals surface area contributed by atoms with Crippen molar-refractivity contribution in [2.75, 3.05) is 6.54 Å². The van der Waals surface area contributed by atoms with Crippen LogP contribution in [0.2, 0.25) is 0 Å². The maximum absolute atomic E-state index is 12.4. The van der Waals surface area contributed by atoms with E-state index in [1.165, 1.54) is 14.1 Å². The van der Waals surface area contributed by atoms with Crippen LogP contribution >= 0.6 is 11.8 Å². The molecule has 0 aliphatic carbocycles. The van der Waals surface area contributed by atoms with Gasteiger partial charge in [0.15, 0.2) is 5.82 Å².